The highest BCUT2D eigenvalue weighted by Gasteiger charge is 2.29. The maximum atomic E-state index is 12.5. The highest BCUT2D eigenvalue weighted by molar-refractivity contribution is 5.75. The van der Waals surface area contributed by atoms with E-state index < -0.39 is 0 Å². The van der Waals surface area contributed by atoms with Gasteiger partial charge in [-0.3, -0.25) is 0 Å². The lowest BCUT2D eigenvalue weighted by Gasteiger charge is -2.37. The molecular weight excluding hydrogens is 214 g/mol. The minimum Gasteiger partial charge on any atom is -0.325 e. The highest BCUT2D eigenvalue weighted by Crippen LogP contribution is 2.17. The lowest BCUT2D eigenvalue weighted by atomic mass is 10.0. The molecule has 2 amide bonds. The molecule has 2 aliphatic rings. The first-order valence-electron chi connectivity index (χ1n) is 7.09. The molecule has 4 heteroatoms. The number of hydrogen-bond acceptors (Lipinski definition) is 2. The van der Waals surface area contributed by atoms with Gasteiger partial charge in [0.25, 0.3) is 0 Å². The number of amides is 2. The topological polar surface area (TPSA) is 35.6 Å². The smallest absolute Gasteiger partial charge is 0.320 e. The minimum absolute atomic E-state index is 0.288. The Balaban J connectivity index is 1.96. The molecule has 0 aromatic carbocycles. The van der Waals surface area contributed by atoms with Crippen LogP contribution in [-0.2, 0) is 0 Å². The van der Waals surface area contributed by atoms with Gasteiger partial charge in [0.2, 0.25) is 0 Å². The van der Waals surface area contributed by atoms with Crippen molar-refractivity contribution in [1.29, 1.82) is 0 Å². The molecule has 0 aromatic heterocycles. The number of hydrogen-bond donors (Lipinski definition) is 1. The molecule has 0 atom stereocenters. The second-order valence-electron chi connectivity index (χ2n) is 5.15. The van der Waals surface area contributed by atoms with Gasteiger partial charge in [-0.15, -0.1) is 0 Å². The van der Waals surface area contributed by atoms with Gasteiger partial charge in [0, 0.05) is 25.7 Å². The van der Waals surface area contributed by atoms with Gasteiger partial charge in [0.15, 0.2) is 0 Å². The molecular formula is C13H25N3O. The molecule has 0 bridgehead atoms. The SMILES string of the molecule is CCCN(C(=O)N1CCCC1)C1CCNCC1. The van der Waals surface area contributed by atoms with Crippen LogP contribution in [0.4, 0.5) is 4.79 Å². The van der Waals surface area contributed by atoms with E-state index in [9.17, 15) is 4.79 Å². The van der Waals surface area contributed by atoms with Gasteiger partial charge in [-0.1, -0.05) is 6.92 Å². The fourth-order valence-electron chi connectivity index (χ4n) is 2.88. The Kier molecular flexibility index (Phi) is 4.66. The standard InChI is InChI=1S/C13H25N3O/c1-2-9-16(12-5-7-14-8-6-12)13(17)15-10-3-4-11-15/h12,14H,2-11H2,1H3. The number of rotatable bonds is 3. The molecule has 98 valence electrons. The van der Waals surface area contributed by atoms with Gasteiger partial charge >= 0.3 is 6.03 Å². The lowest BCUT2D eigenvalue weighted by Crippen LogP contribution is -2.50. The molecule has 2 aliphatic heterocycles. The first kappa shape index (κ1) is 12.7. The Labute approximate surface area is 104 Å². The second kappa shape index (κ2) is 6.24. The van der Waals surface area contributed by atoms with Crippen molar-refractivity contribution in [2.75, 3.05) is 32.7 Å². The predicted octanol–water partition coefficient (Wildman–Crippen LogP) is 1.67. The zero-order valence-electron chi connectivity index (χ0n) is 11.0. The van der Waals surface area contributed by atoms with E-state index in [1.165, 1.54) is 12.8 Å². The number of urea groups is 1. The summed E-state index contributed by atoms with van der Waals surface area (Å²) >= 11 is 0. The van der Waals surface area contributed by atoms with Crippen LogP contribution in [0.25, 0.3) is 0 Å². The third-order valence-corrected chi connectivity index (χ3v) is 3.84. The Morgan fingerprint density at radius 3 is 2.53 bits per heavy atom. The summed E-state index contributed by atoms with van der Waals surface area (Å²) in [5.74, 6) is 0. The van der Waals surface area contributed by atoms with Crippen LogP contribution in [0.3, 0.4) is 0 Å². The van der Waals surface area contributed by atoms with E-state index in [4.69, 9.17) is 0 Å². The molecule has 2 fully saturated rings. The third-order valence-electron chi connectivity index (χ3n) is 3.84. The summed E-state index contributed by atoms with van der Waals surface area (Å²) in [5, 5.41) is 3.37. The Hall–Kier alpha value is -0.770. The van der Waals surface area contributed by atoms with E-state index in [-0.39, 0.29) is 6.03 Å². The van der Waals surface area contributed by atoms with Gasteiger partial charge in [-0.2, -0.15) is 0 Å². The molecule has 0 unspecified atom stereocenters. The maximum Gasteiger partial charge on any atom is 0.320 e. The van der Waals surface area contributed by atoms with E-state index >= 15 is 0 Å². The molecule has 0 saturated carbocycles. The largest absolute Gasteiger partial charge is 0.325 e. The number of carbonyl (C=O) groups excluding carboxylic acids is 1. The number of piperidine rings is 1. The molecule has 1 N–H and O–H groups in total. The van der Waals surface area contributed by atoms with E-state index in [0.29, 0.717) is 6.04 Å². The molecule has 0 spiro atoms. The van der Waals surface area contributed by atoms with Gasteiger partial charge < -0.3 is 15.1 Å². The summed E-state index contributed by atoms with van der Waals surface area (Å²) in [6.07, 6.45) is 5.64. The van der Waals surface area contributed by atoms with E-state index in [1.807, 2.05) is 4.90 Å². The van der Waals surface area contributed by atoms with Crippen molar-refractivity contribution in [3.05, 3.63) is 0 Å². The normalized spacial score (nSPS) is 21.8. The summed E-state index contributed by atoms with van der Waals surface area (Å²) in [4.78, 5) is 16.6. The number of nitrogens with zero attached hydrogens (tertiary/aromatic N) is 2. The molecule has 2 rings (SSSR count). The van der Waals surface area contributed by atoms with Gasteiger partial charge in [-0.05, 0) is 45.2 Å². The molecule has 0 aliphatic carbocycles. The van der Waals surface area contributed by atoms with Crippen molar-refractivity contribution < 1.29 is 4.79 Å². The van der Waals surface area contributed by atoms with Crippen LogP contribution in [-0.4, -0.2) is 54.6 Å². The number of nitrogens with one attached hydrogen (secondary N) is 1. The first-order valence-corrected chi connectivity index (χ1v) is 7.09. The monoisotopic (exact) mass is 239 g/mol. The minimum atomic E-state index is 0.288. The molecule has 4 nitrogen and oxygen atoms in total. The number of carbonyl (C=O) groups is 1. The zero-order valence-corrected chi connectivity index (χ0v) is 11.0. The van der Waals surface area contributed by atoms with Crippen LogP contribution in [0.2, 0.25) is 0 Å². The summed E-state index contributed by atoms with van der Waals surface area (Å²) in [5.41, 5.74) is 0. The van der Waals surface area contributed by atoms with E-state index in [0.717, 1.165) is 52.0 Å². The van der Waals surface area contributed by atoms with Gasteiger partial charge in [0.1, 0.15) is 0 Å². The summed E-state index contributed by atoms with van der Waals surface area (Å²) in [6, 6.07) is 0.751. The average molecular weight is 239 g/mol. The molecule has 0 radical (unpaired) electrons. The summed E-state index contributed by atoms with van der Waals surface area (Å²) in [6.45, 7) is 7.11. The Morgan fingerprint density at radius 2 is 1.94 bits per heavy atom. The van der Waals surface area contributed by atoms with E-state index in [1.54, 1.807) is 0 Å². The van der Waals surface area contributed by atoms with Crippen molar-refractivity contribution in [3.63, 3.8) is 0 Å². The van der Waals surface area contributed by atoms with Crippen molar-refractivity contribution >= 4 is 6.03 Å². The van der Waals surface area contributed by atoms with Crippen molar-refractivity contribution in [3.8, 4) is 0 Å². The Morgan fingerprint density at radius 1 is 1.29 bits per heavy atom. The third kappa shape index (κ3) is 3.12. The molecule has 0 aromatic rings. The molecule has 2 heterocycles. The fraction of sp³-hybridized carbons (Fsp3) is 0.923. The maximum absolute atomic E-state index is 12.5. The van der Waals surface area contributed by atoms with Crippen molar-refractivity contribution in [1.82, 2.24) is 15.1 Å². The van der Waals surface area contributed by atoms with Crippen LogP contribution < -0.4 is 5.32 Å². The van der Waals surface area contributed by atoms with Crippen LogP contribution in [0.1, 0.15) is 39.0 Å². The highest BCUT2D eigenvalue weighted by atomic mass is 16.2. The second-order valence-corrected chi connectivity index (χ2v) is 5.15. The summed E-state index contributed by atoms with van der Waals surface area (Å²) in [7, 11) is 0. The van der Waals surface area contributed by atoms with Crippen LogP contribution >= 0.6 is 0 Å². The zero-order chi connectivity index (χ0) is 12.1. The van der Waals surface area contributed by atoms with Crippen LogP contribution in [0.5, 0.6) is 0 Å². The van der Waals surface area contributed by atoms with Gasteiger partial charge in [-0.25, -0.2) is 4.79 Å². The first-order chi connectivity index (χ1) is 8.33. The van der Waals surface area contributed by atoms with Crippen LogP contribution in [0, 0.1) is 0 Å². The van der Waals surface area contributed by atoms with Crippen molar-refractivity contribution in [2.24, 2.45) is 0 Å². The van der Waals surface area contributed by atoms with Gasteiger partial charge in [0.05, 0.1) is 0 Å². The van der Waals surface area contributed by atoms with E-state index in [2.05, 4.69) is 17.1 Å². The van der Waals surface area contributed by atoms with Crippen LogP contribution in [0.15, 0.2) is 0 Å². The summed E-state index contributed by atoms with van der Waals surface area (Å²) < 4.78 is 0. The number of likely N-dealkylation sites (tertiary alicyclic amines) is 1. The lowest BCUT2D eigenvalue weighted by molar-refractivity contribution is 0.129. The van der Waals surface area contributed by atoms with Crippen molar-refractivity contribution in [2.45, 2.75) is 45.1 Å². The molecule has 2 saturated heterocycles. The predicted molar refractivity (Wildman–Crippen MR) is 69.1 cm³/mol. The Bertz CT molecular complexity index is 245. The average Bonchev–Trinajstić information content (AvgIpc) is 2.90. The quantitative estimate of drug-likeness (QED) is 0.813. The fourth-order valence-corrected chi connectivity index (χ4v) is 2.88. The molecule has 17 heavy (non-hydrogen) atoms.